The van der Waals surface area contributed by atoms with E-state index in [0.29, 0.717) is 5.56 Å². The highest BCUT2D eigenvalue weighted by Crippen LogP contribution is 2.32. The Balaban J connectivity index is 0.00000289. The van der Waals surface area contributed by atoms with Crippen LogP contribution in [0.15, 0.2) is 18.2 Å². The maximum atomic E-state index is 10.9. The lowest BCUT2D eigenvalue weighted by molar-refractivity contribution is 0.0693. The molecule has 1 aromatic rings. The van der Waals surface area contributed by atoms with Gasteiger partial charge in [-0.2, -0.15) is 0 Å². The molecule has 0 radical (unpaired) electrons. The lowest BCUT2D eigenvalue weighted by Gasteiger charge is -2.29. The molecule has 0 bridgehead atoms. The first-order chi connectivity index (χ1) is 7.79. The summed E-state index contributed by atoms with van der Waals surface area (Å²) in [4.78, 5) is 10.9. The van der Waals surface area contributed by atoms with Crippen molar-refractivity contribution in [3.63, 3.8) is 0 Å². The number of aliphatic hydroxyl groups excluding tert-OH is 1. The highest BCUT2D eigenvalue weighted by atomic mass is 35.5. The number of aromatic hydroxyl groups is 1. The molecule has 0 saturated carbocycles. The lowest BCUT2D eigenvalue weighted by Crippen LogP contribution is -2.32. The summed E-state index contributed by atoms with van der Waals surface area (Å²) in [5, 5.41) is 27.5. The normalized spacial score (nSPS) is 12.7. The van der Waals surface area contributed by atoms with E-state index in [2.05, 4.69) is 0 Å². The Morgan fingerprint density at radius 1 is 1.44 bits per heavy atom. The molecule has 0 aliphatic rings. The molecular weight excluding hydrogens is 258 g/mol. The first kappa shape index (κ1) is 16.7. The Morgan fingerprint density at radius 3 is 2.44 bits per heavy atom. The molecule has 5 N–H and O–H groups in total. The molecule has 1 rings (SSSR count). The summed E-state index contributed by atoms with van der Waals surface area (Å²) in [7, 11) is 0. The largest absolute Gasteiger partial charge is 0.507 e. The molecule has 0 aromatic heterocycles. The first-order valence-corrected chi connectivity index (χ1v) is 5.22. The van der Waals surface area contributed by atoms with E-state index in [1.165, 1.54) is 12.1 Å². The van der Waals surface area contributed by atoms with Crippen molar-refractivity contribution in [1.82, 2.24) is 0 Å². The van der Waals surface area contributed by atoms with Crippen molar-refractivity contribution < 1.29 is 20.1 Å². The number of aromatic carboxylic acids is 1. The minimum Gasteiger partial charge on any atom is -0.507 e. The summed E-state index contributed by atoms with van der Waals surface area (Å²) in [6.45, 7) is 3.45. The van der Waals surface area contributed by atoms with Crippen LogP contribution in [0.25, 0.3) is 0 Å². The van der Waals surface area contributed by atoms with Gasteiger partial charge in [0, 0.05) is 18.1 Å². The minimum atomic E-state index is -1.21. The number of aliphatic hydroxyl groups is 1. The van der Waals surface area contributed by atoms with E-state index >= 15 is 0 Å². The zero-order valence-electron chi connectivity index (χ0n) is 10.3. The van der Waals surface area contributed by atoms with Gasteiger partial charge in [0.2, 0.25) is 0 Å². The van der Waals surface area contributed by atoms with Gasteiger partial charge in [0.1, 0.15) is 11.3 Å². The minimum absolute atomic E-state index is 0. The second-order valence-electron chi connectivity index (χ2n) is 4.71. The van der Waals surface area contributed by atoms with E-state index in [9.17, 15) is 15.0 Å². The van der Waals surface area contributed by atoms with Crippen molar-refractivity contribution in [2.45, 2.75) is 19.9 Å². The van der Waals surface area contributed by atoms with E-state index < -0.39 is 17.4 Å². The van der Waals surface area contributed by atoms with Crippen LogP contribution in [0.1, 0.15) is 35.8 Å². The van der Waals surface area contributed by atoms with Crippen LogP contribution in [-0.2, 0) is 0 Å². The summed E-state index contributed by atoms with van der Waals surface area (Å²) in [6, 6.07) is 3.68. The fourth-order valence-corrected chi connectivity index (χ4v) is 1.47. The zero-order valence-corrected chi connectivity index (χ0v) is 11.1. The molecule has 0 heterocycles. The lowest BCUT2D eigenvalue weighted by atomic mass is 9.81. The van der Waals surface area contributed by atoms with Gasteiger partial charge in [-0.3, -0.25) is 0 Å². The van der Waals surface area contributed by atoms with Crippen LogP contribution in [0.4, 0.5) is 0 Å². The SMILES string of the molecule is CC(C)(CO)[C@H](N)c1ccc(O)c(C(=O)O)c1.Cl. The second-order valence-corrected chi connectivity index (χ2v) is 4.71. The number of carboxylic acids is 1. The van der Waals surface area contributed by atoms with Gasteiger partial charge >= 0.3 is 5.97 Å². The second kappa shape index (κ2) is 6.04. The van der Waals surface area contributed by atoms with Gasteiger partial charge in [0.05, 0.1) is 0 Å². The molecule has 1 atom stereocenters. The average molecular weight is 276 g/mol. The molecule has 0 saturated heterocycles. The monoisotopic (exact) mass is 275 g/mol. The number of rotatable bonds is 4. The molecule has 6 heteroatoms. The van der Waals surface area contributed by atoms with Crippen LogP contribution in [0.3, 0.4) is 0 Å². The molecule has 0 unspecified atom stereocenters. The highest BCUT2D eigenvalue weighted by molar-refractivity contribution is 5.91. The molecule has 0 aliphatic carbocycles. The Kier molecular flexibility index (Phi) is 5.60. The summed E-state index contributed by atoms with van der Waals surface area (Å²) in [6.07, 6.45) is 0. The van der Waals surface area contributed by atoms with Crippen LogP contribution in [0, 0.1) is 5.41 Å². The van der Waals surface area contributed by atoms with Gasteiger partial charge < -0.3 is 21.1 Å². The molecule has 5 nitrogen and oxygen atoms in total. The predicted molar refractivity (Wildman–Crippen MR) is 70.1 cm³/mol. The van der Waals surface area contributed by atoms with Crippen LogP contribution in [0.5, 0.6) is 5.75 Å². The predicted octanol–water partition coefficient (Wildman–Crippen LogP) is 1.53. The first-order valence-electron chi connectivity index (χ1n) is 5.22. The number of halogens is 1. The molecule has 1 aromatic carbocycles. The van der Waals surface area contributed by atoms with Gasteiger partial charge in [-0.15, -0.1) is 12.4 Å². The van der Waals surface area contributed by atoms with E-state index in [0.717, 1.165) is 0 Å². The Bertz CT molecular complexity index is 434. The molecule has 0 fully saturated rings. The van der Waals surface area contributed by atoms with E-state index in [1.807, 2.05) is 0 Å². The van der Waals surface area contributed by atoms with E-state index in [1.54, 1.807) is 19.9 Å². The number of nitrogens with two attached hydrogens (primary N) is 1. The van der Waals surface area contributed by atoms with Crippen LogP contribution in [-0.4, -0.2) is 27.9 Å². The van der Waals surface area contributed by atoms with Gasteiger partial charge in [0.15, 0.2) is 0 Å². The topological polar surface area (TPSA) is 104 Å². The Hall–Kier alpha value is -1.30. The molecule has 102 valence electrons. The van der Waals surface area contributed by atoms with E-state index in [4.69, 9.17) is 10.8 Å². The molecular formula is C12H18ClNO4. The highest BCUT2D eigenvalue weighted by Gasteiger charge is 2.27. The smallest absolute Gasteiger partial charge is 0.339 e. The van der Waals surface area contributed by atoms with Gasteiger partial charge in [-0.1, -0.05) is 19.9 Å². The van der Waals surface area contributed by atoms with Crippen molar-refractivity contribution >= 4 is 18.4 Å². The third-order valence-corrected chi connectivity index (χ3v) is 2.86. The standard InChI is InChI=1S/C12H17NO4.ClH/c1-12(2,6-14)10(13)7-3-4-9(15)8(5-7)11(16)17;/h3-5,10,14-15H,6,13H2,1-2H3,(H,16,17);1H/t10-;/m1./s1. The summed E-state index contributed by atoms with van der Waals surface area (Å²) in [5.74, 6) is -1.51. The van der Waals surface area contributed by atoms with E-state index in [-0.39, 0.29) is 30.3 Å². The summed E-state index contributed by atoms with van der Waals surface area (Å²) >= 11 is 0. The van der Waals surface area contributed by atoms with Crippen LogP contribution >= 0.6 is 12.4 Å². The number of carbonyl (C=O) groups is 1. The zero-order chi connectivity index (χ0) is 13.2. The van der Waals surface area contributed by atoms with Crippen molar-refractivity contribution in [3.8, 4) is 5.75 Å². The molecule has 18 heavy (non-hydrogen) atoms. The molecule has 0 amide bonds. The average Bonchev–Trinajstić information content (AvgIpc) is 2.28. The third kappa shape index (κ3) is 3.35. The number of hydrogen-bond donors (Lipinski definition) is 4. The van der Waals surface area contributed by atoms with Crippen molar-refractivity contribution in [3.05, 3.63) is 29.3 Å². The maximum absolute atomic E-state index is 10.9. The van der Waals surface area contributed by atoms with Crippen molar-refractivity contribution in [2.24, 2.45) is 11.1 Å². The van der Waals surface area contributed by atoms with Gasteiger partial charge in [-0.05, 0) is 17.7 Å². The molecule has 0 spiro atoms. The summed E-state index contributed by atoms with van der Waals surface area (Å²) in [5.41, 5.74) is 5.79. The maximum Gasteiger partial charge on any atom is 0.339 e. The van der Waals surface area contributed by atoms with Gasteiger partial charge in [0.25, 0.3) is 0 Å². The fraction of sp³-hybridized carbons (Fsp3) is 0.417. The van der Waals surface area contributed by atoms with Crippen LogP contribution < -0.4 is 5.73 Å². The van der Waals surface area contributed by atoms with Crippen molar-refractivity contribution in [1.29, 1.82) is 0 Å². The van der Waals surface area contributed by atoms with Crippen LogP contribution in [0.2, 0.25) is 0 Å². The number of benzene rings is 1. The Morgan fingerprint density at radius 2 is 2.00 bits per heavy atom. The number of phenols is 1. The van der Waals surface area contributed by atoms with Crippen molar-refractivity contribution in [2.75, 3.05) is 6.61 Å². The van der Waals surface area contributed by atoms with Gasteiger partial charge in [-0.25, -0.2) is 4.79 Å². The molecule has 0 aliphatic heterocycles. The quantitative estimate of drug-likeness (QED) is 0.667. The number of carboxylic acid groups (broad SMARTS) is 1. The summed E-state index contributed by atoms with van der Waals surface area (Å²) < 4.78 is 0. The number of hydrogen-bond acceptors (Lipinski definition) is 4. The third-order valence-electron chi connectivity index (χ3n) is 2.86. The fourth-order valence-electron chi connectivity index (χ4n) is 1.47. The Labute approximate surface area is 112 Å².